The van der Waals surface area contributed by atoms with Gasteiger partial charge in [0.25, 0.3) is 5.56 Å². The number of carbonyl (C=O) groups is 1. The molecule has 0 radical (unpaired) electrons. The first kappa shape index (κ1) is 17.0. The van der Waals surface area contributed by atoms with Gasteiger partial charge in [-0.05, 0) is 23.8 Å². The summed E-state index contributed by atoms with van der Waals surface area (Å²) in [6.45, 7) is 0.132. The van der Waals surface area contributed by atoms with Crippen LogP contribution >= 0.6 is 11.3 Å². The van der Waals surface area contributed by atoms with Crippen LogP contribution in [0.15, 0.2) is 39.9 Å². The third-order valence-electron chi connectivity index (χ3n) is 4.01. The lowest BCUT2D eigenvalue weighted by molar-refractivity contribution is 0.0702. The van der Waals surface area contributed by atoms with Crippen molar-refractivity contribution in [2.75, 3.05) is 19.0 Å². The molecule has 3 rings (SSSR count). The van der Waals surface area contributed by atoms with Gasteiger partial charge >= 0.3 is 11.7 Å². The molecule has 2 aromatic heterocycles. The summed E-state index contributed by atoms with van der Waals surface area (Å²) in [7, 11) is 5.40. The van der Waals surface area contributed by atoms with E-state index in [2.05, 4.69) is 0 Å². The molecule has 0 aliphatic rings. The standard InChI is InChI=1S/C17H17N3O4S/c1-18(2)11-6-4-10(5-7-11)9-20-14(21)12-8-13(16(22)23)25-15(12)19(3)17(20)24/h4-8H,9H2,1-3H3,(H,22,23). The average Bonchev–Trinajstić information content (AvgIpc) is 3.03. The van der Waals surface area contributed by atoms with Crippen LogP contribution in [0, 0.1) is 0 Å². The zero-order valence-corrected chi connectivity index (χ0v) is 14.8. The molecule has 2 heterocycles. The number of hydrogen-bond acceptors (Lipinski definition) is 5. The van der Waals surface area contributed by atoms with Crippen LogP contribution in [0.4, 0.5) is 5.69 Å². The number of nitrogens with zero attached hydrogens (tertiary/aromatic N) is 3. The van der Waals surface area contributed by atoms with E-state index in [1.807, 2.05) is 43.3 Å². The number of benzene rings is 1. The number of hydrogen-bond donors (Lipinski definition) is 1. The smallest absolute Gasteiger partial charge is 0.345 e. The zero-order valence-electron chi connectivity index (χ0n) is 14.0. The van der Waals surface area contributed by atoms with Gasteiger partial charge in [0.1, 0.15) is 9.71 Å². The molecule has 0 unspecified atom stereocenters. The quantitative estimate of drug-likeness (QED) is 0.764. The Morgan fingerprint density at radius 1 is 1.20 bits per heavy atom. The molecule has 25 heavy (non-hydrogen) atoms. The molecular weight excluding hydrogens is 342 g/mol. The van der Waals surface area contributed by atoms with E-state index in [1.54, 1.807) is 0 Å². The Balaban J connectivity index is 2.11. The van der Waals surface area contributed by atoms with Crippen LogP contribution in [0.1, 0.15) is 15.2 Å². The SMILES string of the molecule is CN(C)c1ccc(Cn2c(=O)c3cc(C(=O)O)sc3n(C)c2=O)cc1. The molecule has 0 atom stereocenters. The number of carboxylic acid groups (broad SMARTS) is 1. The minimum atomic E-state index is -1.11. The molecular formula is C17H17N3O4S. The normalized spacial score (nSPS) is 11.0. The highest BCUT2D eigenvalue weighted by atomic mass is 32.1. The van der Waals surface area contributed by atoms with Crippen molar-refractivity contribution in [3.8, 4) is 0 Å². The summed E-state index contributed by atoms with van der Waals surface area (Å²) >= 11 is 0.925. The lowest BCUT2D eigenvalue weighted by Crippen LogP contribution is -2.38. The van der Waals surface area contributed by atoms with E-state index < -0.39 is 17.2 Å². The summed E-state index contributed by atoms with van der Waals surface area (Å²) in [5.41, 5.74) is 0.896. The van der Waals surface area contributed by atoms with Gasteiger partial charge in [-0.25, -0.2) is 9.59 Å². The number of aryl methyl sites for hydroxylation is 1. The van der Waals surface area contributed by atoms with Crippen molar-refractivity contribution >= 4 is 33.2 Å². The highest BCUT2D eigenvalue weighted by Crippen LogP contribution is 2.21. The summed E-state index contributed by atoms with van der Waals surface area (Å²) in [5.74, 6) is -1.11. The molecule has 1 aromatic carbocycles. The van der Waals surface area contributed by atoms with Crippen LogP contribution in [-0.4, -0.2) is 34.3 Å². The van der Waals surface area contributed by atoms with Crippen LogP contribution < -0.4 is 16.1 Å². The first-order valence-electron chi connectivity index (χ1n) is 7.52. The van der Waals surface area contributed by atoms with E-state index in [9.17, 15) is 14.4 Å². The van der Waals surface area contributed by atoms with Crippen molar-refractivity contribution in [2.24, 2.45) is 7.05 Å². The molecule has 8 heteroatoms. The molecule has 0 aliphatic carbocycles. The van der Waals surface area contributed by atoms with E-state index in [1.165, 1.54) is 17.7 Å². The fourth-order valence-electron chi connectivity index (χ4n) is 2.61. The van der Waals surface area contributed by atoms with E-state index in [0.717, 1.165) is 27.2 Å². The second-order valence-electron chi connectivity index (χ2n) is 5.93. The van der Waals surface area contributed by atoms with Gasteiger partial charge in [-0.15, -0.1) is 11.3 Å². The van der Waals surface area contributed by atoms with Crippen LogP contribution in [0.2, 0.25) is 0 Å². The predicted molar refractivity (Wildman–Crippen MR) is 98.2 cm³/mol. The highest BCUT2D eigenvalue weighted by Gasteiger charge is 2.17. The maximum absolute atomic E-state index is 12.7. The monoisotopic (exact) mass is 359 g/mol. The van der Waals surface area contributed by atoms with Crippen LogP contribution in [0.3, 0.4) is 0 Å². The Morgan fingerprint density at radius 2 is 1.84 bits per heavy atom. The summed E-state index contributed by atoms with van der Waals surface area (Å²) in [5, 5.41) is 9.37. The maximum Gasteiger partial charge on any atom is 0.345 e. The largest absolute Gasteiger partial charge is 0.477 e. The number of anilines is 1. The van der Waals surface area contributed by atoms with Gasteiger partial charge in [-0.3, -0.25) is 13.9 Å². The number of thiophene rings is 1. The topological polar surface area (TPSA) is 84.5 Å². The molecule has 0 amide bonds. The Morgan fingerprint density at radius 3 is 2.40 bits per heavy atom. The maximum atomic E-state index is 12.7. The van der Waals surface area contributed by atoms with Gasteiger partial charge in [-0.1, -0.05) is 12.1 Å². The summed E-state index contributed by atoms with van der Waals surface area (Å²) in [6, 6.07) is 8.88. The molecule has 130 valence electrons. The van der Waals surface area contributed by atoms with Crippen LogP contribution in [-0.2, 0) is 13.6 Å². The van der Waals surface area contributed by atoms with Gasteiger partial charge in [-0.2, -0.15) is 0 Å². The summed E-state index contributed by atoms with van der Waals surface area (Å²) < 4.78 is 2.45. The molecule has 7 nitrogen and oxygen atoms in total. The minimum absolute atomic E-state index is 0.0372. The summed E-state index contributed by atoms with van der Waals surface area (Å²) in [4.78, 5) is 38.7. The zero-order chi connectivity index (χ0) is 18.3. The van der Waals surface area contributed by atoms with Crippen molar-refractivity contribution in [3.63, 3.8) is 0 Å². The van der Waals surface area contributed by atoms with Gasteiger partial charge < -0.3 is 10.0 Å². The fourth-order valence-corrected chi connectivity index (χ4v) is 3.55. The Hall–Kier alpha value is -2.87. The number of rotatable bonds is 4. The van der Waals surface area contributed by atoms with Crippen molar-refractivity contribution < 1.29 is 9.90 Å². The predicted octanol–water partition coefficient (Wildman–Crippen LogP) is 1.57. The molecule has 0 fully saturated rings. The van der Waals surface area contributed by atoms with Gasteiger partial charge in [0.15, 0.2) is 0 Å². The van der Waals surface area contributed by atoms with E-state index in [4.69, 9.17) is 5.11 Å². The first-order valence-corrected chi connectivity index (χ1v) is 8.34. The second kappa shape index (κ2) is 6.21. The van der Waals surface area contributed by atoms with Crippen molar-refractivity contribution in [1.82, 2.24) is 9.13 Å². The lowest BCUT2D eigenvalue weighted by atomic mass is 10.2. The molecule has 0 spiro atoms. The fraction of sp³-hybridized carbons (Fsp3) is 0.235. The molecule has 3 aromatic rings. The first-order chi connectivity index (χ1) is 11.8. The van der Waals surface area contributed by atoms with E-state index >= 15 is 0 Å². The number of carboxylic acids is 1. The van der Waals surface area contributed by atoms with Gasteiger partial charge in [0.05, 0.1) is 11.9 Å². The molecule has 0 bridgehead atoms. The lowest BCUT2D eigenvalue weighted by Gasteiger charge is -2.13. The van der Waals surface area contributed by atoms with Crippen LogP contribution in [0.25, 0.3) is 10.2 Å². The number of aromatic carboxylic acids is 1. The van der Waals surface area contributed by atoms with Crippen molar-refractivity contribution in [2.45, 2.75) is 6.54 Å². The Bertz CT molecular complexity index is 1070. The number of fused-ring (bicyclic) bond motifs is 1. The Kier molecular flexibility index (Phi) is 4.22. The second-order valence-corrected chi connectivity index (χ2v) is 6.96. The molecule has 0 aliphatic heterocycles. The van der Waals surface area contributed by atoms with Crippen molar-refractivity contribution in [1.29, 1.82) is 0 Å². The third kappa shape index (κ3) is 2.96. The molecule has 0 saturated heterocycles. The third-order valence-corrected chi connectivity index (χ3v) is 5.21. The van der Waals surface area contributed by atoms with Crippen LogP contribution in [0.5, 0.6) is 0 Å². The van der Waals surface area contributed by atoms with E-state index in [-0.39, 0.29) is 16.8 Å². The molecule has 1 N–H and O–H groups in total. The van der Waals surface area contributed by atoms with E-state index in [0.29, 0.717) is 4.83 Å². The minimum Gasteiger partial charge on any atom is -0.477 e. The average molecular weight is 359 g/mol. The van der Waals surface area contributed by atoms with Crippen molar-refractivity contribution in [3.05, 3.63) is 61.6 Å². The number of aromatic nitrogens is 2. The highest BCUT2D eigenvalue weighted by molar-refractivity contribution is 7.20. The van der Waals surface area contributed by atoms with Gasteiger partial charge in [0.2, 0.25) is 0 Å². The van der Waals surface area contributed by atoms with Gasteiger partial charge in [0, 0.05) is 26.8 Å². The Labute approximate surface area is 147 Å². The summed E-state index contributed by atoms with van der Waals surface area (Å²) in [6.07, 6.45) is 0. The molecule has 0 saturated carbocycles.